The highest BCUT2D eigenvalue weighted by atomic mass is 16.6. The zero-order valence-corrected chi connectivity index (χ0v) is 40.0. The summed E-state index contributed by atoms with van der Waals surface area (Å²) in [5.74, 6) is -0.138. The fraction of sp³-hybridized carbons (Fsp3) is 0.978. The van der Waals surface area contributed by atoms with E-state index in [2.05, 4.69) is 6.92 Å². The molecular weight excluding hydrogens is 840 g/mol. The monoisotopic (exact) mass is 933 g/mol. The third-order valence-electron chi connectivity index (χ3n) is 8.92. The molecule has 18 heteroatoms. The molecule has 0 fully saturated rings. The van der Waals surface area contributed by atoms with Gasteiger partial charge in [-0.1, -0.05) is 71.1 Å². The summed E-state index contributed by atoms with van der Waals surface area (Å²) in [4.78, 5) is 11.9. The first-order valence-corrected chi connectivity index (χ1v) is 24.2. The van der Waals surface area contributed by atoms with Gasteiger partial charge in [0.1, 0.15) is 6.61 Å². The standard InChI is InChI=1S/C46H92O18/c1-2-3-4-5-6-7-8-9-10-11-12-13-46(48)64-45-44-63-43-42-62-41-40-61-39-38-60-37-36-59-35-34-58-33-32-57-31-30-56-29-28-55-27-26-54-25-24-53-23-22-52-21-20-51-19-18-50-17-16-49-15-14-47/h47H,2-45H2,1H3. The van der Waals surface area contributed by atoms with Gasteiger partial charge in [0, 0.05) is 6.42 Å². The van der Waals surface area contributed by atoms with Gasteiger partial charge in [-0.3, -0.25) is 4.79 Å². The number of ether oxygens (including phenoxy) is 16. The van der Waals surface area contributed by atoms with Gasteiger partial charge < -0.3 is 80.9 Å². The summed E-state index contributed by atoms with van der Waals surface area (Å²) < 4.78 is 87.0. The summed E-state index contributed by atoms with van der Waals surface area (Å²) in [7, 11) is 0. The van der Waals surface area contributed by atoms with Crippen LogP contribution in [0.4, 0.5) is 0 Å². The molecule has 0 bridgehead atoms. The average Bonchev–Trinajstić information content (AvgIpc) is 3.30. The van der Waals surface area contributed by atoms with E-state index >= 15 is 0 Å². The summed E-state index contributed by atoms with van der Waals surface area (Å²) in [6, 6.07) is 0. The van der Waals surface area contributed by atoms with Crippen molar-refractivity contribution in [1.82, 2.24) is 0 Å². The SMILES string of the molecule is CCCCCCCCCCCCCC(=O)OCCOCCOCCOCCOCCOCCOCCOCCOCCOCCOCCOCCOCCOCCOCCOCCO. The molecule has 18 nitrogen and oxygen atoms in total. The minimum Gasteiger partial charge on any atom is -0.463 e. The fourth-order valence-electron chi connectivity index (χ4n) is 5.47. The Labute approximate surface area is 386 Å². The van der Waals surface area contributed by atoms with Crippen molar-refractivity contribution in [1.29, 1.82) is 0 Å². The van der Waals surface area contributed by atoms with Crippen LogP contribution < -0.4 is 0 Å². The normalized spacial score (nSPS) is 11.6. The van der Waals surface area contributed by atoms with Crippen LogP contribution in [0.5, 0.6) is 0 Å². The number of hydrogen-bond donors (Lipinski definition) is 1. The topological polar surface area (TPSA) is 185 Å². The Morgan fingerprint density at radius 3 is 0.672 bits per heavy atom. The second kappa shape index (κ2) is 59.8. The van der Waals surface area contributed by atoms with Crippen LogP contribution in [0, 0.1) is 0 Å². The van der Waals surface area contributed by atoms with Gasteiger partial charge in [0.05, 0.1) is 205 Å². The molecule has 64 heavy (non-hydrogen) atoms. The molecule has 0 atom stereocenters. The number of carbonyl (C=O) groups is 1. The van der Waals surface area contributed by atoms with Crippen LogP contribution in [0.2, 0.25) is 0 Å². The largest absolute Gasteiger partial charge is 0.463 e. The van der Waals surface area contributed by atoms with Crippen LogP contribution in [-0.4, -0.2) is 222 Å². The number of aliphatic hydroxyl groups is 1. The molecular formula is C46H92O18. The first-order valence-electron chi connectivity index (χ1n) is 24.2. The molecule has 1 N–H and O–H groups in total. The van der Waals surface area contributed by atoms with Crippen LogP contribution >= 0.6 is 0 Å². The number of hydrogen-bond acceptors (Lipinski definition) is 18. The van der Waals surface area contributed by atoms with E-state index in [1.54, 1.807) is 0 Å². The summed E-state index contributed by atoms with van der Waals surface area (Å²) in [5.41, 5.74) is 0. The van der Waals surface area contributed by atoms with Crippen molar-refractivity contribution < 1.29 is 85.7 Å². The van der Waals surface area contributed by atoms with Gasteiger partial charge >= 0.3 is 5.97 Å². The number of unbranched alkanes of at least 4 members (excludes halogenated alkanes) is 10. The average molecular weight is 933 g/mol. The Hall–Kier alpha value is -1.17. The van der Waals surface area contributed by atoms with Crippen LogP contribution in [-0.2, 0) is 80.6 Å². The molecule has 0 aliphatic heterocycles. The smallest absolute Gasteiger partial charge is 0.305 e. The Morgan fingerprint density at radius 1 is 0.266 bits per heavy atom. The van der Waals surface area contributed by atoms with E-state index in [1.807, 2.05) is 0 Å². The quantitative estimate of drug-likeness (QED) is 0.0665. The van der Waals surface area contributed by atoms with Gasteiger partial charge in [-0.05, 0) is 6.42 Å². The van der Waals surface area contributed by atoms with E-state index in [0.29, 0.717) is 205 Å². The van der Waals surface area contributed by atoms with E-state index < -0.39 is 0 Å². The number of aliphatic hydroxyl groups excluding tert-OH is 1. The van der Waals surface area contributed by atoms with Gasteiger partial charge in [-0.25, -0.2) is 0 Å². The first kappa shape index (κ1) is 62.8. The maximum absolute atomic E-state index is 11.9. The summed E-state index contributed by atoms with van der Waals surface area (Å²) in [5, 5.41) is 8.60. The van der Waals surface area contributed by atoms with Crippen molar-refractivity contribution >= 4 is 5.97 Å². The maximum Gasteiger partial charge on any atom is 0.305 e. The molecule has 0 heterocycles. The molecule has 0 amide bonds. The van der Waals surface area contributed by atoms with Crippen LogP contribution in [0.25, 0.3) is 0 Å². The van der Waals surface area contributed by atoms with Crippen LogP contribution in [0.15, 0.2) is 0 Å². The predicted octanol–water partition coefficient (Wildman–Crippen LogP) is 4.47. The third kappa shape index (κ3) is 58.8. The van der Waals surface area contributed by atoms with Crippen molar-refractivity contribution in [2.75, 3.05) is 211 Å². The minimum atomic E-state index is -0.138. The van der Waals surface area contributed by atoms with Crippen LogP contribution in [0.3, 0.4) is 0 Å². The minimum absolute atomic E-state index is 0.0205. The second-order valence-corrected chi connectivity index (χ2v) is 14.4. The van der Waals surface area contributed by atoms with Gasteiger partial charge in [0.25, 0.3) is 0 Å². The molecule has 0 spiro atoms. The third-order valence-corrected chi connectivity index (χ3v) is 8.92. The molecule has 0 radical (unpaired) electrons. The fourth-order valence-corrected chi connectivity index (χ4v) is 5.47. The van der Waals surface area contributed by atoms with Gasteiger partial charge in [0.2, 0.25) is 0 Å². The van der Waals surface area contributed by atoms with E-state index in [4.69, 9.17) is 80.9 Å². The van der Waals surface area contributed by atoms with E-state index in [1.165, 1.54) is 57.8 Å². The van der Waals surface area contributed by atoms with Crippen molar-refractivity contribution in [2.45, 2.75) is 84.0 Å². The lowest BCUT2D eigenvalue weighted by Gasteiger charge is -2.09. The summed E-state index contributed by atoms with van der Waals surface area (Å²) in [6.07, 6.45) is 14.4. The Bertz CT molecular complexity index is 849. The van der Waals surface area contributed by atoms with Crippen molar-refractivity contribution in [3.8, 4) is 0 Å². The first-order chi connectivity index (χ1) is 31.8. The highest BCUT2D eigenvalue weighted by Crippen LogP contribution is 2.12. The second-order valence-electron chi connectivity index (χ2n) is 14.4. The lowest BCUT2D eigenvalue weighted by molar-refractivity contribution is -0.145. The van der Waals surface area contributed by atoms with Gasteiger partial charge in [-0.2, -0.15) is 0 Å². The van der Waals surface area contributed by atoms with E-state index in [0.717, 1.165) is 12.8 Å². The Balaban J connectivity index is 3.11. The molecule has 0 aliphatic carbocycles. The number of rotatable bonds is 59. The highest BCUT2D eigenvalue weighted by Gasteiger charge is 2.03. The zero-order chi connectivity index (χ0) is 46.0. The molecule has 0 unspecified atom stereocenters. The number of esters is 1. The lowest BCUT2D eigenvalue weighted by atomic mass is 10.1. The maximum atomic E-state index is 11.9. The Kier molecular flexibility index (Phi) is 58.8. The molecule has 0 saturated carbocycles. The van der Waals surface area contributed by atoms with E-state index in [9.17, 15) is 4.79 Å². The molecule has 0 aromatic heterocycles. The Morgan fingerprint density at radius 2 is 0.453 bits per heavy atom. The molecule has 384 valence electrons. The van der Waals surface area contributed by atoms with Crippen molar-refractivity contribution in [3.05, 3.63) is 0 Å². The molecule has 0 aromatic rings. The molecule has 0 aliphatic rings. The lowest BCUT2D eigenvalue weighted by Crippen LogP contribution is -2.16. The van der Waals surface area contributed by atoms with Crippen LogP contribution in [0.1, 0.15) is 84.0 Å². The van der Waals surface area contributed by atoms with E-state index in [-0.39, 0.29) is 19.2 Å². The van der Waals surface area contributed by atoms with Crippen molar-refractivity contribution in [3.63, 3.8) is 0 Å². The predicted molar refractivity (Wildman–Crippen MR) is 241 cm³/mol. The molecule has 0 saturated heterocycles. The summed E-state index contributed by atoms with van der Waals surface area (Å²) >= 11 is 0. The highest BCUT2D eigenvalue weighted by molar-refractivity contribution is 5.69. The molecule has 0 aromatic carbocycles. The van der Waals surface area contributed by atoms with Gasteiger partial charge in [-0.15, -0.1) is 0 Å². The zero-order valence-electron chi connectivity index (χ0n) is 40.0. The summed E-state index contributed by atoms with van der Waals surface area (Å²) in [6.45, 7) is 16.9. The number of carbonyl (C=O) groups excluding carboxylic acids is 1. The van der Waals surface area contributed by atoms with Crippen molar-refractivity contribution in [2.24, 2.45) is 0 Å². The molecule has 0 rings (SSSR count). The van der Waals surface area contributed by atoms with Gasteiger partial charge in [0.15, 0.2) is 0 Å².